The van der Waals surface area contributed by atoms with Gasteiger partial charge in [0.2, 0.25) is 5.43 Å². The highest BCUT2D eigenvalue weighted by Gasteiger charge is 2.22. The lowest BCUT2D eigenvalue weighted by Crippen LogP contribution is -2.32. The third-order valence-electron chi connectivity index (χ3n) is 2.54. The Morgan fingerprint density at radius 1 is 1.20 bits per heavy atom. The molecule has 0 aliphatic heterocycles. The van der Waals surface area contributed by atoms with Crippen LogP contribution in [0.1, 0.15) is 19.8 Å². The summed E-state index contributed by atoms with van der Waals surface area (Å²) in [6.45, 7) is 3.06. The second-order valence-corrected chi connectivity index (χ2v) is 4.43. The van der Waals surface area contributed by atoms with Crippen LogP contribution in [0, 0.1) is 4.51 Å². The van der Waals surface area contributed by atoms with E-state index in [1.54, 1.807) is 0 Å². The van der Waals surface area contributed by atoms with Crippen LogP contribution in [0.5, 0.6) is 0 Å². The van der Waals surface area contributed by atoms with E-state index in [1.807, 2.05) is 30.9 Å². The standard InChI is InChI=1S/C11H18N2OS/c1-5-6-7-13(4)8-9(12(2)3)11(15)10(8)14/h5-7H2,1-4H3. The van der Waals surface area contributed by atoms with E-state index in [-0.39, 0.29) is 5.43 Å². The first-order chi connectivity index (χ1) is 7.00. The molecule has 1 aromatic carbocycles. The first-order valence-electron chi connectivity index (χ1n) is 5.22. The van der Waals surface area contributed by atoms with Gasteiger partial charge >= 0.3 is 0 Å². The zero-order valence-electron chi connectivity index (χ0n) is 9.83. The summed E-state index contributed by atoms with van der Waals surface area (Å²) in [7, 11) is 5.79. The van der Waals surface area contributed by atoms with Crippen molar-refractivity contribution in [2.45, 2.75) is 19.8 Å². The van der Waals surface area contributed by atoms with Gasteiger partial charge < -0.3 is 9.80 Å². The van der Waals surface area contributed by atoms with E-state index >= 15 is 0 Å². The predicted molar refractivity (Wildman–Crippen MR) is 68.4 cm³/mol. The summed E-state index contributed by atoms with van der Waals surface area (Å²) >= 11 is 5.04. The monoisotopic (exact) mass is 226 g/mol. The third kappa shape index (κ3) is 2.20. The molecule has 0 amide bonds. The van der Waals surface area contributed by atoms with Gasteiger partial charge in [0.25, 0.3) is 0 Å². The van der Waals surface area contributed by atoms with Crippen molar-refractivity contribution in [2.24, 2.45) is 0 Å². The lowest BCUT2D eigenvalue weighted by molar-refractivity contribution is 0.762. The fourth-order valence-electron chi connectivity index (χ4n) is 1.64. The van der Waals surface area contributed by atoms with Crippen molar-refractivity contribution in [1.82, 2.24) is 0 Å². The van der Waals surface area contributed by atoms with Crippen LogP contribution in [0.2, 0.25) is 0 Å². The highest BCUT2D eigenvalue weighted by molar-refractivity contribution is 7.71. The van der Waals surface area contributed by atoms with E-state index in [2.05, 4.69) is 6.92 Å². The average Bonchev–Trinajstić information content (AvgIpc) is 2.20. The second-order valence-electron chi connectivity index (χ2n) is 4.02. The summed E-state index contributed by atoms with van der Waals surface area (Å²) in [6.07, 6.45) is 2.23. The van der Waals surface area contributed by atoms with Crippen molar-refractivity contribution in [3.8, 4) is 0 Å². The smallest absolute Gasteiger partial charge is 0.224 e. The Morgan fingerprint density at radius 3 is 2.27 bits per heavy atom. The molecule has 0 aromatic heterocycles. The van der Waals surface area contributed by atoms with Gasteiger partial charge in [-0.25, -0.2) is 0 Å². The van der Waals surface area contributed by atoms with Crippen molar-refractivity contribution < 1.29 is 0 Å². The maximum absolute atomic E-state index is 11.6. The molecule has 0 unspecified atom stereocenters. The van der Waals surface area contributed by atoms with Gasteiger partial charge in [-0.15, -0.1) is 0 Å². The fourth-order valence-corrected chi connectivity index (χ4v) is 2.02. The summed E-state index contributed by atoms with van der Waals surface area (Å²) in [6, 6.07) is 0. The second kappa shape index (κ2) is 4.75. The van der Waals surface area contributed by atoms with Gasteiger partial charge in [0, 0.05) is 27.7 Å². The minimum Gasteiger partial charge on any atom is -0.375 e. The van der Waals surface area contributed by atoms with Crippen molar-refractivity contribution in [2.75, 3.05) is 37.5 Å². The topological polar surface area (TPSA) is 23.6 Å². The van der Waals surface area contributed by atoms with Gasteiger partial charge in [0.05, 0.1) is 5.69 Å². The van der Waals surface area contributed by atoms with Gasteiger partial charge in [0.15, 0.2) is 0 Å². The number of rotatable bonds is 5. The average molecular weight is 226 g/mol. The molecule has 0 heterocycles. The van der Waals surface area contributed by atoms with Crippen LogP contribution in [0.25, 0.3) is 0 Å². The largest absolute Gasteiger partial charge is 0.375 e. The molecule has 0 radical (unpaired) electrons. The van der Waals surface area contributed by atoms with Crippen molar-refractivity contribution in [3.05, 3.63) is 14.7 Å². The Hall–Kier alpha value is -0.900. The maximum Gasteiger partial charge on any atom is 0.224 e. The first kappa shape index (κ1) is 12.2. The van der Waals surface area contributed by atoms with Crippen LogP contribution in [-0.2, 0) is 0 Å². The van der Waals surface area contributed by atoms with Gasteiger partial charge in [0.1, 0.15) is 10.2 Å². The highest BCUT2D eigenvalue weighted by Crippen LogP contribution is 2.28. The van der Waals surface area contributed by atoms with Crippen LogP contribution in [0.15, 0.2) is 4.79 Å². The molecule has 1 aromatic rings. The summed E-state index contributed by atoms with van der Waals surface area (Å²) < 4.78 is 0.471. The fraction of sp³-hybridized carbons (Fsp3) is 0.636. The Bertz CT molecular complexity index is 405. The van der Waals surface area contributed by atoms with Gasteiger partial charge in [-0.1, -0.05) is 25.6 Å². The first-order valence-corrected chi connectivity index (χ1v) is 5.63. The number of nitrogens with zero attached hydrogens (tertiary/aromatic N) is 2. The Morgan fingerprint density at radius 2 is 1.80 bits per heavy atom. The molecule has 0 fully saturated rings. The molecule has 0 aliphatic rings. The molecule has 4 heteroatoms. The van der Waals surface area contributed by atoms with Crippen LogP contribution < -0.4 is 15.2 Å². The van der Waals surface area contributed by atoms with E-state index in [0.29, 0.717) is 4.51 Å². The predicted octanol–water partition coefficient (Wildman–Crippen LogP) is 1.95. The molecule has 0 N–H and O–H groups in total. The molecule has 0 atom stereocenters. The lowest BCUT2D eigenvalue weighted by atomic mass is 10.1. The molecular formula is C11H18N2OS. The molecule has 84 valence electrons. The minimum absolute atomic E-state index is 0.0207. The molecule has 1 rings (SSSR count). The summed E-state index contributed by atoms with van der Waals surface area (Å²) in [5, 5.41) is 0. The van der Waals surface area contributed by atoms with E-state index in [4.69, 9.17) is 12.2 Å². The SMILES string of the molecule is CCCCN(C)c1c(N(C)C)c(=S)c1=O. The van der Waals surface area contributed by atoms with E-state index < -0.39 is 0 Å². The maximum atomic E-state index is 11.6. The zero-order valence-corrected chi connectivity index (χ0v) is 10.6. The van der Waals surface area contributed by atoms with Crippen LogP contribution in [-0.4, -0.2) is 27.7 Å². The van der Waals surface area contributed by atoms with Crippen LogP contribution >= 0.6 is 12.2 Å². The highest BCUT2D eigenvalue weighted by atomic mass is 32.1. The molecule has 3 nitrogen and oxygen atoms in total. The van der Waals surface area contributed by atoms with Crippen molar-refractivity contribution >= 4 is 23.6 Å². The van der Waals surface area contributed by atoms with Crippen molar-refractivity contribution in [1.29, 1.82) is 0 Å². The normalized spacial score (nSPS) is 10.7. The lowest BCUT2D eigenvalue weighted by Gasteiger charge is -2.27. The minimum atomic E-state index is 0.0207. The number of anilines is 2. The van der Waals surface area contributed by atoms with Crippen molar-refractivity contribution in [3.63, 3.8) is 0 Å². The zero-order chi connectivity index (χ0) is 11.6. The molecule has 0 aliphatic carbocycles. The quantitative estimate of drug-likeness (QED) is 0.716. The molecule has 0 saturated carbocycles. The summed E-state index contributed by atoms with van der Waals surface area (Å²) in [5.74, 6) is 0. The van der Waals surface area contributed by atoms with Gasteiger partial charge in [-0.2, -0.15) is 0 Å². The van der Waals surface area contributed by atoms with E-state index in [1.165, 1.54) is 0 Å². The Labute approximate surface area is 96.0 Å². The summed E-state index contributed by atoms with van der Waals surface area (Å²) in [5.41, 5.74) is 1.71. The molecule has 0 spiro atoms. The Balaban J connectivity index is 2.90. The molecule has 0 saturated heterocycles. The number of hydrogen-bond acceptors (Lipinski definition) is 4. The molecular weight excluding hydrogens is 208 g/mol. The van der Waals surface area contributed by atoms with Gasteiger partial charge in [-0.05, 0) is 6.42 Å². The third-order valence-corrected chi connectivity index (χ3v) is 2.92. The summed E-state index contributed by atoms with van der Waals surface area (Å²) in [4.78, 5) is 15.5. The van der Waals surface area contributed by atoms with Crippen LogP contribution in [0.4, 0.5) is 11.4 Å². The van der Waals surface area contributed by atoms with Crippen LogP contribution in [0.3, 0.4) is 0 Å². The number of unbranched alkanes of at least 4 members (excludes halogenated alkanes) is 1. The van der Waals surface area contributed by atoms with E-state index in [9.17, 15) is 4.79 Å². The van der Waals surface area contributed by atoms with E-state index in [0.717, 1.165) is 30.8 Å². The number of hydrogen-bond donors (Lipinski definition) is 0. The van der Waals surface area contributed by atoms with Gasteiger partial charge in [-0.3, -0.25) is 4.79 Å². The molecule has 0 bridgehead atoms. The molecule has 15 heavy (non-hydrogen) atoms. The Kier molecular flexibility index (Phi) is 3.85.